The van der Waals surface area contributed by atoms with Crippen LogP contribution in [-0.2, 0) is 4.79 Å². The van der Waals surface area contributed by atoms with Gasteiger partial charge in [-0.2, -0.15) is 0 Å². The molecule has 1 N–H and O–H groups in total. The number of nitrogens with one attached hydrogen (secondary N) is 1. The molecule has 1 fully saturated rings. The van der Waals surface area contributed by atoms with Crippen LogP contribution in [-0.4, -0.2) is 23.5 Å². The Morgan fingerprint density at radius 2 is 1.89 bits per heavy atom. The van der Waals surface area contributed by atoms with Gasteiger partial charge in [0.15, 0.2) is 0 Å². The fourth-order valence-electron chi connectivity index (χ4n) is 2.69. The third-order valence-corrected chi connectivity index (χ3v) is 3.79. The van der Waals surface area contributed by atoms with E-state index in [1.165, 1.54) is 12.8 Å². The van der Waals surface area contributed by atoms with Gasteiger partial charge in [-0.15, -0.1) is 0 Å². The molecule has 1 saturated heterocycles. The van der Waals surface area contributed by atoms with Crippen molar-refractivity contribution in [2.45, 2.75) is 51.7 Å². The Hall–Kier alpha value is -1.35. The van der Waals surface area contributed by atoms with Crippen LogP contribution in [0.5, 0.6) is 0 Å². The first-order valence-corrected chi connectivity index (χ1v) is 7.39. The Balaban J connectivity index is 2.07. The van der Waals surface area contributed by atoms with Crippen molar-refractivity contribution in [1.29, 1.82) is 0 Å². The van der Waals surface area contributed by atoms with Crippen molar-refractivity contribution in [1.82, 2.24) is 10.2 Å². The Morgan fingerprint density at radius 1 is 1.16 bits per heavy atom. The lowest BCUT2D eigenvalue weighted by Crippen LogP contribution is -2.37. The van der Waals surface area contributed by atoms with Gasteiger partial charge < -0.3 is 4.90 Å². The summed E-state index contributed by atoms with van der Waals surface area (Å²) in [5.41, 5.74) is 1.07. The highest BCUT2D eigenvalue weighted by Gasteiger charge is 2.37. The standard InChI is InChI=1S/C16H24N2O/c1-3-5-9-12-18-14(4-2)17-15(16(18)19)13-10-7-6-8-11-13/h6-8,10-11,14-15,17H,3-5,9,12H2,1-2H3. The zero-order chi connectivity index (χ0) is 13.7. The largest absolute Gasteiger partial charge is 0.325 e. The molecule has 2 rings (SSSR count). The first-order chi connectivity index (χ1) is 9.27. The minimum Gasteiger partial charge on any atom is -0.325 e. The van der Waals surface area contributed by atoms with Crippen LogP contribution in [0.4, 0.5) is 0 Å². The Morgan fingerprint density at radius 3 is 2.53 bits per heavy atom. The molecule has 2 atom stereocenters. The molecule has 2 unspecified atom stereocenters. The van der Waals surface area contributed by atoms with E-state index in [1.807, 2.05) is 35.2 Å². The van der Waals surface area contributed by atoms with Crippen LogP contribution in [0.1, 0.15) is 51.1 Å². The zero-order valence-corrected chi connectivity index (χ0v) is 11.9. The SMILES string of the molecule is CCCCCN1C(=O)C(c2ccccc2)NC1CC. The fourth-order valence-corrected chi connectivity index (χ4v) is 2.69. The summed E-state index contributed by atoms with van der Waals surface area (Å²) in [7, 11) is 0. The quantitative estimate of drug-likeness (QED) is 0.797. The summed E-state index contributed by atoms with van der Waals surface area (Å²) in [5, 5.41) is 3.46. The van der Waals surface area contributed by atoms with Crippen LogP contribution in [0.3, 0.4) is 0 Å². The highest BCUT2D eigenvalue weighted by Crippen LogP contribution is 2.25. The van der Waals surface area contributed by atoms with E-state index in [-0.39, 0.29) is 18.1 Å². The van der Waals surface area contributed by atoms with Gasteiger partial charge in [0.25, 0.3) is 0 Å². The summed E-state index contributed by atoms with van der Waals surface area (Å²) >= 11 is 0. The van der Waals surface area contributed by atoms with Crippen LogP contribution in [0.25, 0.3) is 0 Å². The Bertz CT molecular complexity index is 404. The van der Waals surface area contributed by atoms with Gasteiger partial charge in [0.05, 0.1) is 6.17 Å². The lowest BCUT2D eigenvalue weighted by molar-refractivity contribution is -0.130. The molecule has 1 aliphatic rings. The van der Waals surface area contributed by atoms with E-state index >= 15 is 0 Å². The van der Waals surface area contributed by atoms with Crippen LogP contribution < -0.4 is 5.32 Å². The van der Waals surface area contributed by atoms with Crippen LogP contribution in [0.2, 0.25) is 0 Å². The monoisotopic (exact) mass is 260 g/mol. The van der Waals surface area contributed by atoms with Crippen LogP contribution in [0, 0.1) is 0 Å². The molecule has 1 aliphatic heterocycles. The minimum atomic E-state index is -0.159. The maximum atomic E-state index is 12.5. The molecular formula is C16H24N2O. The second-order valence-electron chi connectivity index (χ2n) is 5.17. The number of carbonyl (C=O) groups is 1. The Labute approximate surface area is 116 Å². The van der Waals surface area contributed by atoms with Crippen molar-refractivity contribution >= 4 is 5.91 Å². The average molecular weight is 260 g/mol. The van der Waals surface area contributed by atoms with E-state index in [4.69, 9.17) is 0 Å². The molecule has 1 aromatic carbocycles. The summed E-state index contributed by atoms with van der Waals surface area (Å²) in [4.78, 5) is 14.6. The van der Waals surface area contributed by atoms with Crippen molar-refractivity contribution in [2.75, 3.05) is 6.54 Å². The lowest BCUT2D eigenvalue weighted by Gasteiger charge is -2.22. The molecule has 0 spiro atoms. The van der Waals surface area contributed by atoms with Crippen LogP contribution >= 0.6 is 0 Å². The molecule has 0 aromatic heterocycles. The molecule has 19 heavy (non-hydrogen) atoms. The van der Waals surface area contributed by atoms with Crippen molar-refractivity contribution in [3.8, 4) is 0 Å². The number of hydrogen-bond donors (Lipinski definition) is 1. The van der Waals surface area contributed by atoms with Gasteiger partial charge >= 0.3 is 0 Å². The first kappa shape index (κ1) is 14.1. The van der Waals surface area contributed by atoms with E-state index in [9.17, 15) is 4.79 Å². The van der Waals surface area contributed by atoms with Gasteiger partial charge in [0, 0.05) is 6.54 Å². The van der Waals surface area contributed by atoms with Crippen LogP contribution in [0.15, 0.2) is 30.3 Å². The number of nitrogens with zero attached hydrogens (tertiary/aromatic N) is 1. The lowest BCUT2D eigenvalue weighted by atomic mass is 10.1. The molecular weight excluding hydrogens is 236 g/mol. The van der Waals surface area contributed by atoms with Gasteiger partial charge in [0.2, 0.25) is 5.91 Å². The van der Waals surface area contributed by atoms with Gasteiger partial charge in [-0.3, -0.25) is 10.1 Å². The molecule has 0 saturated carbocycles. The van der Waals surface area contributed by atoms with Crippen molar-refractivity contribution in [3.05, 3.63) is 35.9 Å². The first-order valence-electron chi connectivity index (χ1n) is 7.39. The highest BCUT2D eigenvalue weighted by molar-refractivity contribution is 5.85. The maximum absolute atomic E-state index is 12.5. The normalized spacial score (nSPS) is 23.1. The van der Waals surface area contributed by atoms with Crippen molar-refractivity contribution in [2.24, 2.45) is 0 Å². The van der Waals surface area contributed by atoms with E-state index in [2.05, 4.69) is 19.2 Å². The average Bonchev–Trinajstić information content (AvgIpc) is 2.77. The predicted octanol–water partition coefficient (Wildman–Crippen LogP) is 3.09. The highest BCUT2D eigenvalue weighted by atomic mass is 16.2. The van der Waals surface area contributed by atoms with Crippen molar-refractivity contribution < 1.29 is 4.79 Å². The molecule has 0 aliphatic carbocycles. The molecule has 0 radical (unpaired) electrons. The van der Waals surface area contributed by atoms with E-state index in [0.717, 1.165) is 24.9 Å². The number of hydrogen-bond acceptors (Lipinski definition) is 2. The molecule has 104 valence electrons. The Kier molecular flexibility index (Phi) is 4.97. The second kappa shape index (κ2) is 6.71. The maximum Gasteiger partial charge on any atom is 0.245 e. The predicted molar refractivity (Wildman–Crippen MR) is 77.6 cm³/mol. The molecule has 1 amide bonds. The van der Waals surface area contributed by atoms with Crippen molar-refractivity contribution in [3.63, 3.8) is 0 Å². The summed E-state index contributed by atoms with van der Waals surface area (Å²) in [5.74, 6) is 0.231. The smallest absolute Gasteiger partial charge is 0.245 e. The van der Waals surface area contributed by atoms with Gasteiger partial charge in [-0.25, -0.2) is 0 Å². The minimum absolute atomic E-state index is 0.159. The molecule has 1 aromatic rings. The van der Waals surface area contributed by atoms with E-state index in [0.29, 0.717) is 0 Å². The van der Waals surface area contributed by atoms with E-state index < -0.39 is 0 Å². The molecule has 3 nitrogen and oxygen atoms in total. The number of rotatable bonds is 6. The summed E-state index contributed by atoms with van der Waals surface area (Å²) in [6.07, 6.45) is 4.63. The summed E-state index contributed by atoms with van der Waals surface area (Å²) in [6, 6.07) is 9.86. The summed E-state index contributed by atoms with van der Waals surface area (Å²) < 4.78 is 0. The van der Waals surface area contributed by atoms with Gasteiger partial charge in [-0.05, 0) is 18.4 Å². The second-order valence-corrected chi connectivity index (χ2v) is 5.17. The number of carbonyl (C=O) groups excluding carboxylic acids is 1. The fraction of sp³-hybridized carbons (Fsp3) is 0.562. The third kappa shape index (κ3) is 3.16. The summed E-state index contributed by atoms with van der Waals surface area (Å²) in [6.45, 7) is 5.20. The molecule has 3 heteroatoms. The topological polar surface area (TPSA) is 32.3 Å². The number of unbranched alkanes of at least 4 members (excludes halogenated alkanes) is 2. The zero-order valence-electron chi connectivity index (χ0n) is 11.9. The number of amides is 1. The molecule has 0 bridgehead atoms. The van der Waals surface area contributed by atoms with Gasteiger partial charge in [0.1, 0.15) is 6.04 Å². The van der Waals surface area contributed by atoms with E-state index in [1.54, 1.807) is 0 Å². The van der Waals surface area contributed by atoms with Gasteiger partial charge in [-0.1, -0.05) is 57.0 Å². The third-order valence-electron chi connectivity index (χ3n) is 3.79. The number of benzene rings is 1. The molecule has 1 heterocycles.